The average molecular weight is 294 g/mol. The molecule has 8 nitrogen and oxygen atoms in total. The second-order valence-electron chi connectivity index (χ2n) is 4.28. The molecule has 114 valence electrons. The van der Waals surface area contributed by atoms with Gasteiger partial charge in [-0.2, -0.15) is 0 Å². The fraction of sp³-hybridized carbons (Fsp3) is 0.308. The van der Waals surface area contributed by atoms with E-state index in [0.29, 0.717) is 5.69 Å². The Labute approximate surface area is 121 Å². The Morgan fingerprint density at radius 3 is 2.19 bits per heavy atom. The minimum Gasteiger partial charge on any atom is -0.462 e. The number of esters is 1. The van der Waals surface area contributed by atoms with Crippen molar-refractivity contribution in [2.24, 2.45) is 11.5 Å². The van der Waals surface area contributed by atoms with E-state index in [1.165, 1.54) is 17.0 Å². The molecule has 0 saturated heterocycles. The molecule has 2 amide bonds. The lowest BCUT2D eigenvalue weighted by Gasteiger charge is -2.22. The van der Waals surface area contributed by atoms with E-state index in [1.807, 2.05) is 0 Å². The predicted octanol–water partition coefficient (Wildman–Crippen LogP) is -0.777. The molecule has 0 aliphatic heterocycles. The molecule has 0 aliphatic rings. The molecule has 0 aromatic heterocycles. The number of benzene rings is 1. The number of carbonyl (C=O) groups excluding carboxylic acids is 3. The molecule has 0 radical (unpaired) electrons. The number of carbonyl (C=O) groups is 3. The standard InChI is InChI=1S/C13H18N4O4/c1-2-21-13(20)9-5-8(3-4-10(9)14)17(6-11(15)18)7-12(16)19/h3-5H,2,6-7,14H2,1H3,(H2,15,18)(H2,16,19). The van der Waals surface area contributed by atoms with Crippen LogP contribution in [0.1, 0.15) is 17.3 Å². The van der Waals surface area contributed by atoms with Crippen molar-refractivity contribution in [3.05, 3.63) is 23.8 Å². The van der Waals surface area contributed by atoms with Crippen molar-refractivity contribution in [1.82, 2.24) is 0 Å². The minimum atomic E-state index is -0.634. The van der Waals surface area contributed by atoms with E-state index in [4.69, 9.17) is 21.9 Å². The van der Waals surface area contributed by atoms with Crippen LogP contribution in [-0.2, 0) is 14.3 Å². The number of primary amides is 2. The molecule has 1 aromatic carbocycles. The Hall–Kier alpha value is -2.77. The number of amides is 2. The molecule has 0 atom stereocenters. The quantitative estimate of drug-likeness (QED) is 0.445. The summed E-state index contributed by atoms with van der Waals surface area (Å²) in [5.74, 6) is -1.86. The van der Waals surface area contributed by atoms with Crippen molar-refractivity contribution in [2.45, 2.75) is 6.92 Å². The van der Waals surface area contributed by atoms with Gasteiger partial charge < -0.3 is 26.8 Å². The van der Waals surface area contributed by atoms with Crippen molar-refractivity contribution in [3.63, 3.8) is 0 Å². The van der Waals surface area contributed by atoms with Crippen molar-refractivity contribution >= 4 is 29.2 Å². The number of nitrogens with two attached hydrogens (primary N) is 3. The number of nitrogens with zero attached hydrogens (tertiary/aromatic N) is 1. The van der Waals surface area contributed by atoms with Crippen LogP contribution in [0.5, 0.6) is 0 Å². The number of anilines is 2. The van der Waals surface area contributed by atoms with Crippen molar-refractivity contribution in [3.8, 4) is 0 Å². The van der Waals surface area contributed by atoms with E-state index in [9.17, 15) is 14.4 Å². The topological polar surface area (TPSA) is 142 Å². The highest BCUT2D eigenvalue weighted by Crippen LogP contribution is 2.22. The zero-order valence-corrected chi connectivity index (χ0v) is 11.7. The molecule has 1 aromatic rings. The van der Waals surface area contributed by atoms with Gasteiger partial charge in [-0.15, -0.1) is 0 Å². The van der Waals surface area contributed by atoms with E-state index < -0.39 is 17.8 Å². The molecule has 0 aliphatic carbocycles. The van der Waals surface area contributed by atoms with E-state index in [0.717, 1.165) is 0 Å². The predicted molar refractivity (Wildman–Crippen MR) is 77.4 cm³/mol. The third kappa shape index (κ3) is 4.68. The van der Waals surface area contributed by atoms with Crippen LogP contribution in [0.3, 0.4) is 0 Å². The molecule has 0 heterocycles. The van der Waals surface area contributed by atoms with Crippen molar-refractivity contribution in [1.29, 1.82) is 0 Å². The van der Waals surface area contributed by atoms with Gasteiger partial charge in [-0.25, -0.2) is 4.79 Å². The van der Waals surface area contributed by atoms with E-state index in [2.05, 4.69) is 0 Å². The highest BCUT2D eigenvalue weighted by Gasteiger charge is 2.17. The van der Waals surface area contributed by atoms with Crippen LogP contribution in [0.2, 0.25) is 0 Å². The fourth-order valence-electron chi connectivity index (χ4n) is 1.74. The number of hydrogen-bond donors (Lipinski definition) is 3. The summed E-state index contributed by atoms with van der Waals surface area (Å²) < 4.78 is 4.88. The summed E-state index contributed by atoms with van der Waals surface area (Å²) in [5, 5.41) is 0. The van der Waals surface area contributed by atoms with Gasteiger partial charge in [0.05, 0.1) is 25.3 Å². The van der Waals surface area contributed by atoms with Crippen molar-refractivity contribution < 1.29 is 19.1 Å². The Kier molecular flexibility index (Phi) is 5.53. The fourth-order valence-corrected chi connectivity index (χ4v) is 1.74. The Balaban J connectivity index is 3.13. The summed E-state index contributed by atoms with van der Waals surface area (Å²) in [5.41, 5.74) is 16.8. The molecule has 6 N–H and O–H groups in total. The van der Waals surface area contributed by atoms with Gasteiger partial charge in [0.25, 0.3) is 0 Å². The third-order valence-corrected chi connectivity index (χ3v) is 2.59. The number of ether oxygens (including phenoxy) is 1. The smallest absolute Gasteiger partial charge is 0.340 e. The van der Waals surface area contributed by atoms with E-state index in [1.54, 1.807) is 13.0 Å². The van der Waals surface area contributed by atoms with Gasteiger partial charge in [-0.3, -0.25) is 9.59 Å². The Bertz CT molecular complexity index is 543. The first kappa shape index (κ1) is 16.3. The van der Waals surface area contributed by atoms with E-state index in [-0.39, 0.29) is 30.9 Å². The van der Waals surface area contributed by atoms with Crippen LogP contribution in [0.25, 0.3) is 0 Å². The van der Waals surface area contributed by atoms with Gasteiger partial charge in [-0.1, -0.05) is 0 Å². The molecule has 0 bridgehead atoms. The SMILES string of the molecule is CCOC(=O)c1cc(N(CC(N)=O)CC(N)=O)ccc1N. The molecule has 8 heteroatoms. The van der Waals surface area contributed by atoms with Gasteiger partial charge >= 0.3 is 5.97 Å². The summed E-state index contributed by atoms with van der Waals surface area (Å²) in [6.45, 7) is 1.45. The summed E-state index contributed by atoms with van der Waals surface area (Å²) in [6.07, 6.45) is 0. The zero-order chi connectivity index (χ0) is 16.0. The lowest BCUT2D eigenvalue weighted by Crippen LogP contribution is -2.39. The molecule has 0 spiro atoms. The molecular weight excluding hydrogens is 276 g/mol. The largest absolute Gasteiger partial charge is 0.462 e. The highest BCUT2D eigenvalue weighted by molar-refractivity contribution is 5.96. The van der Waals surface area contributed by atoms with Gasteiger partial charge in [0.1, 0.15) is 0 Å². The highest BCUT2D eigenvalue weighted by atomic mass is 16.5. The van der Waals surface area contributed by atoms with Gasteiger partial charge in [0.15, 0.2) is 0 Å². The monoisotopic (exact) mass is 294 g/mol. The maximum Gasteiger partial charge on any atom is 0.340 e. The molecular formula is C13H18N4O4. The van der Waals surface area contributed by atoms with Crippen LogP contribution in [0.15, 0.2) is 18.2 Å². The molecule has 0 unspecified atom stereocenters. The van der Waals surface area contributed by atoms with Crippen molar-refractivity contribution in [2.75, 3.05) is 30.3 Å². The lowest BCUT2D eigenvalue weighted by molar-refractivity contribution is -0.117. The molecule has 21 heavy (non-hydrogen) atoms. The van der Waals surface area contributed by atoms with Crippen LogP contribution in [-0.4, -0.2) is 37.5 Å². The summed E-state index contributed by atoms with van der Waals surface area (Å²) >= 11 is 0. The summed E-state index contributed by atoms with van der Waals surface area (Å²) in [4.78, 5) is 35.3. The Morgan fingerprint density at radius 1 is 1.14 bits per heavy atom. The second-order valence-corrected chi connectivity index (χ2v) is 4.28. The molecule has 0 fully saturated rings. The maximum atomic E-state index is 11.8. The number of rotatable bonds is 7. The summed E-state index contributed by atoms with van der Waals surface area (Å²) in [6, 6.07) is 4.47. The normalized spacial score (nSPS) is 9.95. The lowest BCUT2D eigenvalue weighted by atomic mass is 10.1. The van der Waals surface area contributed by atoms with Crippen LogP contribution < -0.4 is 22.1 Å². The van der Waals surface area contributed by atoms with E-state index >= 15 is 0 Å². The maximum absolute atomic E-state index is 11.8. The second kappa shape index (κ2) is 7.13. The third-order valence-electron chi connectivity index (χ3n) is 2.59. The zero-order valence-electron chi connectivity index (χ0n) is 11.7. The number of hydrogen-bond acceptors (Lipinski definition) is 6. The van der Waals surface area contributed by atoms with Crippen LogP contribution >= 0.6 is 0 Å². The van der Waals surface area contributed by atoms with Gasteiger partial charge in [0.2, 0.25) is 11.8 Å². The van der Waals surface area contributed by atoms with Crippen LogP contribution in [0.4, 0.5) is 11.4 Å². The van der Waals surface area contributed by atoms with Gasteiger partial charge in [-0.05, 0) is 25.1 Å². The average Bonchev–Trinajstić information content (AvgIpc) is 2.37. The molecule has 1 rings (SSSR count). The summed E-state index contributed by atoms with van der Waals surface area (Å²) in [7, 11) is 0. The van der Waals surface area contributed by atoms with Gasteiger partial charge in [0, 0.05) is 11.4 Å². The number of nitrogen functional groups attached to an aromatic ring is 1. The minimum absolute atomic E-state index is 0.147. The first-order valence-electron chi connectivity index (χ1n) is 6.23. The first-order chi connectivity index (χ1) is 9.85. The Morgan fingerprint density at radius 2 is 1.71 bits per heavy atom. The van der Waals surface area contributed by atoms with Crippen LogP contribution in [0, 0.1) is 0 Å². The molecule has 0 saturated carbocycles. The first-order valence-corrected chi connectivity index (χ1v) is 6.23.